The first-order chi connectivity index (χ1) is 9.84. The van der Waals surface area contributed by atoms with Gasteiger partial charge in [0.1, 0.15) is 0 Å². The van der Waals surface area contributed by atoms with Crippen molar-refractivity contribution in [1.29, 1.82) is 0 Å². The van der Waals surface area contributed by atoms with Crippen LogP contribution in [-0.4, -0.2) is 6.61 Å². The summed E-state index contributed by atoms with van der Waals surface area (Å²) in [6.45, 7) is 15.6. The molecule has 0 aliphatic rings. The zero-order valence-corrected chi connectivity index (χ0v) is 14.0. The van der Waals surface area contributed by atoms with Crippen molar-refractivity contribution in [1.82, 2.24) is 0 Å². The number of hydrogen-bond donors (Lipinski definition) is 0. The highest BCUT2D eigenvalue weighted by atomic mass is 19.2. The molecule has 122 valence electrons. The Bertz CT molecular complexity index is 371. The first-order valence-electron chi connectivity index (χ1n) is 7.91. The summed E-state index contributed by atoms with van der Waals surface area (Å²) < 4.78 is 33.1. The third kappa shape index (κ3) is 7.45. The van der Waals surface area contributed by atoms with Gasteiger partial charge in [-0.2, -0.15) is 4.39 Å². The molecule has 0 aliphatic heterocycles. The average Bonchev–Trinajstić information content (AvgIpc) is 2.49. The van der Waals surface area contributed by atoms with Crippen LogP contribution in [0.2, 0.25) is 0 Å². The molecule has 0 heterocycles. The molecular formula is C18H30F2O. The summed E-state index contributed by atoms with van der Waals surface area (Å²) in [5.74, 6) is -1.69. The molecule has 2 atom stereocenters. The van der Waals surface area contributed by atoms with Crippen LogP contribution in [0.5, 0.6) is 0 Å². The minimum atomic E-state index is -1.02. The minimum absolute atomic E-state index is 0.0896. The van der Waals surface area contributed by atoms with Crippen molar-refractivity contribution in [3.8, 4) is 0 Å². The van der Waals surface area contributed by atoms with E-state index in [1.54, 1.807) is 0 Å². The van der Waals surface area contributed by atoms with E-state index in [1.807, 2.05) is 13.8 Å². The Labute approximate surface area is 128 Å². The summed E-state index contributed by atoms with van der Waals surface area (Å²) >= 11 is 0. The van der Waals surface area contributed by atoms with Crippen LogP contribution in [0.15, 0.2) is 36.1 Å². The Morgan fingerprint density at radius 3 is 2.19 bits per heavy atom. The molecule has 0 radical (unpaired) electrons. The van der Waals surface area contributed by atoms with Crippen LogP contribution in [0.4, 0.5) is 8.78 Å². The van der Waals surface area contributed by atoms with E-state index in [1.165, 1.54) is 0 Å². The van der Waals surface area contributed by atoms with E-state index >= 15 is 0 Å². The van der Waals surface area contributed by atoms with E-state index in [2.05, 4.69) is 27.0 Å². The quantitative estimate of drug-likeness (QED) is 0.241. The van der Waals surface area contributed by atoms with Gasteiger partial charge in [-0.25, -0.2) is 4.39 Å². The van der Waals surface area contributed by atoms with Gasteiger partial charge in [0.15, 0.2) is 17.4 Å². The maximum absolute atomic E-state index is 14.1. The second-order valence-corrected chi connectivity index (χ2v) is 5.77. The van der Waals surface area contributed by atoms with Gasteiger partial charge in [0.25, 0.3) is 0 Å². The average molecular weight is 300 g/mol. The molecule has 0 N–H and O–H groups in total. The summed E-state index contributed by atoms with van der Waals surface area (Å²) in [5.41, 5.74) is 0.191. The molecule has 0 rings (SSSR count). The molecule has 0 saturated carbocycles. The van der Waals surface area contributed by atoms with Crippen LogP contribution in [0.1, 0.15) is 59.8 Å². The number of halogens is 2. The first-order valence-corrected chi connectivity index (χ1v) is 7.91. The van der Waals surface area contributed by atoms with Crippen molar-refractivity contribution in [2.75, 3.05) is 6.61 Å². The summed E-state index contributed by atoms with van der Waals surface area (Å²) in [5, 5.41) is 0. The number of unbranched alkanes of at least 4 members (excludes halogenated alkanes) is 1. The minimum Gasteiger partial charge on any atom is -0.491 e. The lowest BCUT2D eigenvalue weighted by molar-refractivity contribution is 0.203. The fourth-order valence-electron chi connectivity index (χ4n) is 1.80. The second kappa shape index (κ2) is 10.6. The third-order valence-corrected chi connectivity index (χ3v) is 3.88. The molecule has 2 unspecified atom stereocenters. The van der Waals surface area contributed by atoms with E-state index in [0.29, 0.717) is 12.5 Å². The lowest BCUT2D eigenvalue weighted by Crippen LogP contribution is -2.05. The largest absolute Gasteiger partial charge is 0.491 e. The molecule has 1 nitrogen and oxygen atoms in total. The SMILES string of the molecule is C=C(OCCCC)/C(F)=C(/F)C(=C)C(C)CCC(C)CC. The van der Waals surface area contributed by atoms with Gasteiger partial charge in [-0.15, -0.1) is 0 Å². The highest BCUT2D eigenvalue weighted by Crippen LogP contribution is 2.30. The van der Waals surface area contributed by atoms with Crippen molar-refractivity contribution < 1.29 is 13.5 Å². The van der Waals surface area contributed by atoms with E-state index in [9.17, 15) is 8.78 Å². The number of ether oxygens (including phenoxy) is 1. The fourth-order valence-corrected chi connectivity index (χ4v) is 1.80. The summed E-state index contributed by atoms with van der Waals surface area (Å²) in [6.07, 6.45) is 4.60. The standard InChI is InChI=1S/C18H30F2O/c1-7-9-12-21-16(6)18(20)17(19)15(5)14(4)11-10-13(3)8-2/h13-14H,5-12H2,1-4H3/b18-17-. The maximum atomic E-state index is 14.1. The van der Waals surface area contributed by atoms with Crippen molar-refractivity contribution in [2.45, 2.75) is 59.8 Å². The van der Waals surface area contributed by atoms with Crippen LogP contribution in [0.3, 0.4) is 0 Å². The van der Waals surface area contributed by atoms with Crippen molar-refractivity contribution >= 4 is 0 Å². The smallest absolute Gasteiger partial charge is 0.200 e. The van der Waals surface area contributed by atoms with Gasteiger partial charge < -0.3 is 4.74 Å². The normalized spacial score (nSPS) is 15.1. The molecule has 0 spiro atoms. The van der Waals surface area contributed by atoms with Crippen LogP contribution in [-0.2, 0) is 4.74 Å². The van der Waals surface area contributed by atoms with Crippen LogP contribution in [0, 0.1) is 11.8 Å². The van der Waals surface area contributed by atoms with Crippen molar-refractivity contribution in [3.05, 3.63) is 36.1 Å². The van der Waals surface area contributed by atoms with Gasteiger partial charge in [-0.3, -0.25) is 0 Å². The van der Waals surface area contributed by atoms with Crippen molar-refractivity contribution in [3.63, 3.8) is 0 Å². The van der Waals surface area contributed by atoms with Crippen LogP contribution >= 0.6 is 0 Å². The maximum Gasteiger partial charge on any atom is 0.200 e. The predicted molar refractivity (Wildman–Crippen MR) is 86.2 cm³/mol. The Kier molecular flexibility index (Phi) is 10.0. The molecule has 21 heavy (non-hydrogen) atoms. The molecule has 0 saturated heterocycles. The molecule has 0 aliphatic carbocycles. The summed E-state index contributed by atoms with van der Waals surface area (Å²) in [4.78, 5) is 0. The Morgan fingerprint density at radius 2 is 1.67 bits per heavy atom. The highest BCUT2D eigenvalue weighted by molar-refractivity contribution is 5.33. The Morgan fingerprint density at radius 1 is 1.05 bits per heavy atom. The number of rotatable bonds is 11. The van der Waals surface area contributed by atoms with E-state index in [-0.39, 0.29) is 17.3 Å². The lowest BCUT2D eigenvalue weighted by Gasteiger charge is -2.16. The molecule has 0 bridgehead atoms. The van der Waals surface area contributed by atoms with E-state index in [4.69, 9.17) is 4.74 Å². The molecular weight excluding hydrogens is 270 g/mol. The van der Waals surface area contributed by atoms with Gasteiger partial charge in [0.2, 0.25) is 0 Å². The Hall–Kier alpha value is -1.12. The molecule has 3 heteroatoms. The van der Waals surface area contributed by atoms with Gasteiger partial charge in [-0.05, 0) is 30.3 Å². The fraction of sp³-hybridized carbons (Fsp3) is 0.667. The van der Waals surface area contributed by atoms with E-state index < -0.39 is 11.7 Å². The van der Waals surface area contributed by atoms with Gasteiger partial charge >= 0.3 is 0 Å². The van der Waals surface area contributed by atoms with Gasteiger partial charge in [-0.1, -0.05) is 60.1 Å². The second-order valence-electron chi connectivity index (χ2n) is 5.77. The van der Waals surface area contributed by atoms with Gasteiger partial charge in [0.05, 0.1) is 6.61 Å². The zero-order chi connectivity index (χ0) is 16.4. The Balaban J connectivity index is 4.56. The number of allylic oxidation sites excluding steroid dienone is 3. The first kappa shape index (κ1) is 19.9. The van der Waals surface area contributed by atoms with Gasteiger partial charge in [0, 0.05) is 0 Å². The zero-order valence-electron chi connectivity index (χ0n) is 14.0. The molecule has 0 fully saturated rings. The highest BCUT2D eigenvalue weighted by Gasteiger charge is 2.19. The topological polar surface area (TPSA) is 9.23 Å². The van der Waals surface area contributed by atoms with Crippen LogP contribution in [0.25, 0.3) is 0 Å². The molecule has 0 aromatic heterocycles. The summed E-state index contributed by atoms with van der Waals surface area (Å²) in [7, 11) is 0. The van der Waals surface area contributed by atoms with Crippen molar-refractivity contribution in [2.24, 2.45) is 11.8 Å². The van der Waals surface area contributed by atoms with E-state index in [0.717, 1.165) is 32.1 Å². The number of hydrogen-bond acceptors (Lipinski definition) is 1. The lowest BCUT2D eigenvalue weighted by atomic mass is 9.91. The monoisotopic (exact) mass is 300 g/mol. The third-order valence-electron chi connectivity index (χ3n) is 3.88. The predicted octanol–water partition coefficient (Wildman–Crippen LogP) is 6.49. The molecule has 0 amide bonds. The molecule has 0 aromatic rings. The molecule has 0 aromatic carbocycles. The van der Waals surface area contributed by atoms with Crippen LogP contribution < -0.4 is 0 Å². The summed E-state index contributed by atoms with van der Waals surface area (Å²) in [6, 6.07) is 0.